The maximum absolute atomic E-state index is 13.0. The van der Waals surface area contributed by atoms with Crippen LogP contribution in [-0.4, -0.2) is 34.4 Å². The molecule has 0 spiro atoms. The highest BCUT2D eigenvalue weighted by Gasteiger charge is 2.35. The van der Waals surface area contributed by atoms with Crippen LogP contribution in [0.4, 0.5) is 4.79 Å². The molecule has 4 rings (SSSR count). The van der Waals surface area contributed by atoms with Gasteiger partial charge >= 0.3 is 6.03 Å². The van der Waals surface area contributed by atoms with Crippen molar-refractivity contribution in [1.29, 1.82) is 0 Å². The molecule has 0 atom stereocenters. The summed E-state index contributed by atoms with van der Waals surface area (Å²) < 4.78 is 7.04. The molecule has 146 valence electrons. The van der Waals surface area contributed by atoms with E-state index in [9.17, 15) is 14.4 Å². The van der Waals surface area contributed by atoms with Gasteiger partial charge in [0.15, 0.2) is 0 Å². The minimum atomic E-state index is -0.731. The number of para-hydroxylation sites is 1. The molecular weight excluding hydrogens is 370 g/mol. The summed E-state index contributed by atoms with van der Waals surface area (Å²) in [6, 6.07) is 14.0. The number of urea groups is 1. The number of hydrogen-bond donors (Lipinski definition) is 1. The summed E-state index contributed by atoms with van der Waals surface area (Å²) in [5, 5.41) is 3.17. The number of carbonyl (C=O) groups excluding carboxylic acids is 3. The first-order valence-corrected chi connectivity index (χ1v) is 9.04. The van der Waals surface area contributed by atoms with Gasteiger partial charge in [-0.15, -0.1) is 0 Å². The fraction of sp³-hybridized carbons (Fsp3) is 0.136. The second kappa shape index (κ2) is 7.27. The number of hydrogen-bond acceptors (Lipinski definition) is 4. The summed E-state index contributed by atoms with van der Waals surface area (Å²) in [6.07, 6.45) is 3.38. The van der Waals surface area contributed by atoms with Crippen LogP contribution in [0.15, 0.2) is 60.3 Å². The van der Waals surface area contributed by atoms with Crippen LogP contribution in [0, 0.1) is 0 Å². The average Bonchev–Trinajstić information content (AvgIpc) is 3.04. The van der Waals surface area contributed by atoms with Crippen LogP contribution in [0.5, 0.6) is 5.75 Å². The lowest BCUT2D eigenvalue weighted by Crippen LogP contribution is -2.53. The summed E-state index contributed by atoms with van der Waals surface area (Å²) in [7, 11) is 3.46. The molecule has 1 aliphatic heterocycles. The Morgan fingerprint density at radius 3 is 2.48 bits per heavy atom. The van der Waals surface area contributed by atoms with E-state index in [1.165, 1.54) is 6.08 Å². The lowest BCUT2D eigenvalue weighted by molar-refractivity contribution is -0.130. The fourth-order valence-electron chi connectivity index (χ4n) is 3.39. The van der Waals surface area contributed by atoms with Gasteiger partial charge in [0.05, 0.1) is 13.7 Å². The average molecular weight is 389 g/mol. The number of methoxy groups -OCH3 is 1. The molecule has 1 saturated heterocycles. The predicted octanol–water partition coefficient (Wildman–Crippen LogP) is 2.85. The summed E-state index contributed by atoms with van der Waals surface area (Å²) in [4.78, 5) is 38.6. The van der Waals surface area contributed by atoms with Crippen molar-refractivity contribution in [1.82, 2.24) is 14.8 Å². The van der Waals surface area contributed by atoms with Gasteiger partial charge in [-0.05, 0) is 29.8 Å². The Morgan fingerprint density at radius 2 is 1.76 bits per heavy atom. The maximum atomic E-state index is 13.0. The largest absolute Gasteiger partial charge is 0.497 e. The zero-order valence-electron chi connectivity index (χ0n) is 16.0. The molecule has 1 fully saturated rings. The summed E-state index contributed by atoms with van der Waals surface area (Å²) >= 11 is 0. The van der Waals surface area contributed by atoms with Gasteiger partial charge in [-0.25, -0.2) is 4.79 Å². The van der Waals surface area contributed by atoms with Gasteiger partial charge in [-0.1, -0.05) is 30.3 Å². The number of barbiturate groups is 1. The number of rotatable bonds is 4. The molecule has 2 heterocycles. The van der Waals surface area contributed by atoms with Crippen molar-refractivity contribution in [3.05, 3.63) is 71.4 Å². The van der Waals surface area contributed by atoms with Crippen molar-refractivity contribution in [3.8, 4) is 5.75 Å². The van der Waals surface area contributed by atoms with Crippen LogP contribution in [0.2, 0.25) is 0 Å². The maximum Gasteiger partial charge on any atom is 0.331 e. The van der Waals surface area contributed by atoms with Crippen LogP contribution in [-0.2, 0) is 23.2 Å². The quantitative estimate of drug-likeness (QED) is 0.550. The molecule has 7 heteroatoms. The number of imide groups is 2. The van der Waals surface area contributed by atoms with Crippen molar-refractivity contribution in [2.24, 2.45) is 7.05 Å². The van der Waals surface area contributed by atoms with E-state index in [-0.39, 0.29) is 12.1 Å². The van der Waals surface area contributed by atoms with Gasteiger partial charge in [0.25, 0.3) is 11.8 Å². The van der Waals surface area contributed by atoms with E-state index in [0.717, 1.165) is 26.9 Å². The molecule has 0 radical (unpaired) electrons. The first-order valence-electron chi connectivity index (χ1n) is 9.04. The highest BCUT2D eigenvalue weighted by molar-refractivity contribution is 6.31. The molecule has 3 aromatic rings. The molecule has 1 aromatic heterocycles. The fourth-order valence-corrected chi connectivity index (χ4v) is 3.39. The van der Waals surface area contributed by atoms with Crippen LogP contribution >= 0.6 is 0 Å². The molecule has 29 heavy (non-hydrogen) atoms. The molecule has 2 aromatic carbocycles. The van der Waals surface area contributed by atoms with Gasteiger partial charge < -0.3 is 9.30 Å². The lowest BCUT2D eigenvalue weighted by Gasteiger charge is -2.26. The Labute approximate surface area is 167 Å². The molecule has 0 saturated carbocycles. The number of aryl methyl sites for hydroxylation is 1. The zero-order chi connectivity index (χ0) is 20.5. The Kier molecular flexibility index (Phi) is 4.64. The monoisotopic (exact) mass is 389 g/mol. The van der Waals surface area contributed by atoms with Crippen molar-refractivity contribution >= 4 is 34.8 Å². The van der Waals surface area contributed by atoms with E-state index >= 15 is 0 Å². The minimum Gasteiger partial charge on any atom is -0.497 e. The van der Waals surface area contributed by atoms with Crippen molar-refractivity contribution < 1.29 is 19.1 Å². The number of fused-ring (bicyclic) bond motifs is 1. The van der Waals surface area contributed by atoms with E-state index in [1.807, 2.05) is 42.1 Å². The molecule has 0 unspecified atom stereocenters. The molecule has 1 N–H and O–H groups in total. The normalized spacial score (nSPS) is 15.9. The molecule has 1 aliphatic rings. The third kappa shape index (κ3) is 3.38. The van der Waals surface area contributed by atoms with Crippen LogP contribution in [0.25, 0.3) is 17.0 Å². The molecule has 0 bridgehead atoms. The van der Waals surface area contributed by atoms with E-state index in [2.05, 4.69) is 5.32 Å². The highest BCUT2D eigenvalue weighted by atomic mass is 16.5. The molecular formula is C22H19N3O4. The van der Waals surface area contributed by atoms with E-state index in [1.54, 1.807) is 31.4 Å². The van der Waals surface area contributed by atoms with Crippen molar-refractivity contribution in [2.75, 3.05) is 7.11 Å². The van der Waals surface area contributed by atoms with Gasteiger partial charge in [0.2, 0.25) is 0 Å². The number of nitrogens with zero attached hydrogens (tertiary/aromatic N) is 2. The topological polar surface area (TPSA) is 80.6 Å². The zero-order valence-corrected chi connectivity index (χ0v) is 16.0. The number of aromatic nitrogens is 1. The smallest absolute Gasteiger partial charge is 0.331 e. The number of nitrogens with one attached hydrogen (secondary N) is 1. The minimum absolute atomic E-state index is 0.0504. The van der Waals surface area contributed by atoms with Crippen LogP contribution in [0.1, 0.15) is 11.1 Å². The third-order valence-corrected chi connectivity index (χ3v) is 4.91. The SMILES string of the molecule is COc1ccc(CN2C(=O)NC(=O)/C(=C\c3cn(C)c4ccccc34)C2=O)cc1. The standard InChI is InChI=1S/C22H19N3O4/c1-24-13-15(17-5-3-4-6-19(17)24)11-18-20(26)23-22(28)25(21(18)27)12-14-7-9-16(29-2)10-8-14/h3-11,13H,12H2,1-2H3,(H,23,26,28)/b18-11+. The highest BCUT2D eigenvalue weighted by Crippen LogP contribution is 2.24. The molecule has 4 amide bonds. The van der Waals surface area contributed by atoms with E-state index < -0.39 is 17.8 Å². The Balaban J connectivity index is 1.68. The first kappa shape index (κ1) is 18.5. The number of benzene rings is 2. The van der Waals surface area contributed by atoms with Gasteiger partial charge in [0, 0.05) is 29.7 Å². The molecule has 7 nitrogen and oxygen atoms in total. The predicted molar refractivity (Wildman–Crippen MR) is 108 cm³/mol. The second-order valence-electron chi connectivity index (χ2n) is 6.77. The summed E-state index contributed by atoms with van der Waals surface area (Å²) in [5.74, 6) is -0.642. The van der Waals surface area contributed by atoms with Crippen molar-refractivity contribution in [3.63, 3.8) is 0 Å². The van der Waals surface area contributed by atoms with E-state index in [4.69, 9.17) is 4.74 Å². The van der Waals surface area contributed by atoms with Crippen LogP contribution in [0.3, 0.4) is 0 Å². The number of carbonyl (C=O) groups is 3. The third-order valence-electron chi connectivity index (χ3n) is 4.91. The summed E-state index contributed by atoms with van der Waals surface area (Å²) in [6.45, 7) is 0.0504. The Hall–Kier alpha value is -3.87. The Bertz CT molecular complexity index is 1160. The van der Waals surface area contributed by atoms with Crippen molar-refractivity contribution in [2.45, 2.75) is 6.54 Å². The van der Waals surface area contributed by atoms with E-state index in [0.29, 0.717) is 5.75 Å². The van der Waals surface area contributed by atoms with Gasteiger partial charge in [-0.2, -0.15) is 0 Å². The second-order valence-corrected chi connectivity index (χ2v) is 6.77. The van der Waals surface area contributed by atoms with Gasteiger partial charge in [0.1, 0.15) is 11.3 Å². The molecule has 0 aliphatic carbocycles. The van der Waals surface area contributed by atoms with Gasteiger partial charge in [-0.3, -0.25) is 19.8 Å². The number of ether oxygens (including phenoxy) is 1. The number of amides is 4. The van der Waals surface area contributed by atoms with Crippen LogP contribution < -0.4 is 10.1 Å². The summed E-state index contributed by atoms with van der Waals surface area (Å²) in [5.41, 5.74) is 2.39. The Morgan fingerprint density at radius 1 is 1.03 bits per heavy atom. The lowest BCUT2D eigenvalue weighted by atomic mass is 10.1. The first-order chi connectivity index (χ1) is 14.0.